The molecule has 1 amide bonds. The van der Waals surface area contributed by atoms with Gasteiger partial charge >= 0.3 is 11.8 Å². The largest absolute Gasteiger partial charge is 0.444 e. The van der Waals surface area contributed by atoms with Gasteiger partial charge < -0.3 is 10.1 Å². The third-order valence-corrected chi connectivity index (χ3v) is 3.68. The van der Waals surface area contributed by atoms with Crippen LogP contribution in [0.15, 0.2) is 51.8 Å². The summed E-state index contributed by atoms with van der Waals surface area (Å²) >= 11 is 3.34. The first-order valence-electron chi connectivity index (χ1n) is 7.85. The maximum Gasteiger partial charge on any atom is 0.407 e. The van der Waals surface area contributed by atoms with Crippen molar-refractivity contribution in [1.29, 1.82) is 0 Å². The Morgan fingerprint density at radius 1 is 1.42 bits per heavy atom. The highest BCUT2D eigenvalue weighted by Crippen LogP contribution is 2.13. The third kappa shape index (κ3) is 5.55. The molecule has 0 spiro atoms. The van der Waals surface area contributed by atoms with Crippen LogP contribution < -0.4 is 11.0 Å². The van der Waals surface area contributed by atoms with Gasteiger partial charge in [0.25, 0.3) is 0 Å². The van der Waals surface area contributed by atoms with E-state index in [0.717, 1.165) is 9.15 Å². The Morgan fingerprint density at radius 2 is 2.15 bits per heavy atom. The molecule has 0 radical (unpaired) electrons. The molecule has 2 rings (SSSR count). The van der Waals surface area contributed by atoms with Crippen molar-refractivity contribution in [2.75, 3.05) is 6.54 Å². The van der Waals surface area contributed by atoms with Crippen LogP contribution in [0.4, 0.5) is 9.18 Å². The van der Waals surface area contributed by atoms with Crippen LogP contribution in [0.25, 0.3) is 5.69 Å². The summed E-state index contributed by atoms with van der Waals surface area (Å²) < 4.78 is 21.5. The molecule has 1 aromatic heterocycles. The van der Waals surface area contributed by atoms with Gasteiger partial charge in [-0.3, -0.25) is 0 Å². The minimum absolute atomic E-state index is 0.0911. The highest BCUT2D eigenvalue weighted by molar-refractivity contribution is 9.10. The molecule has 0 atom stereocenters. The van der Waals surface area contributed by atoms with Gasteiger partial charge in [-0.25, -0.2) is 23.2 Å². The van der Waals surface area contributed by atoms with Crippen LogP contribution in [0.2, 0.25) is 0 Å². The van der Waals surface area contributed by atoms with Crippen molar-refractivity contribution in [1.82, 2.24) is 19.7 Å². The van der Waals surface area contributed by atoms with Crippen molar-refractivity contribution < 1.29 is 13.9 Å². The Morgan fingerprint density at radius 3 is 2.77 bits per heavy atom. The first-order chi connectivity index (χ1) is 12.2. The van der Waals surface area contributed by atoms with Crippen molar-refractivity contribution in [3.05, 3.63) is 57.5 Å². The van der Waals surface area contributed by atoms with E-state index in [2.05, 4.69) is 26.3 Å². The van der Waals surface area contributed by atoms with Gasteiger partial charge in [-0.1, -0.05) is 22.0 Å². The first kappa shape index (κ1) is 19.9. The van der Waals surface area contributed by atoms with Crippen molar-refractivity contribution in [3.63, 3.8) is 0 Å². The molecule has 0 fully saturated rings. The van der Waals surface area contributed by atoms with Crippen LogP contribution in [-0.2, 0) is 11.3 Å². The lowest BCUT2D eigenvalue weighted by Gasteiger charge is -2.19. The topological polar surface area (TPSA) is 78.2 Å². The predicted molar refractivity (Wildman–Crippen MR) is 99.0 cm³/mol. The molecule has 0 aliphatic carbocycles. The lowest BCUT2D eigenvalue weighted by atomic mass is 10.2. The zero-order valence-electron chi connectivity index (χ0n) is 14.7. The van der Waals surface area contributed by atoms with Crippen LogP contribution in [-0.4, -0.2) is 32.6 Å². The first-order valence-corrected chi connectivity index (χ1v) is 8.64. The lowest BCUT2D eigenvalue weighted by Crippen LogP contribution is -2.34. The van der Waals surface area contributed by atoms with Gasteiger partial charge in [-0.15, -0.1) is 0 Å². The number of aromatic nitrogens is 3. The van der Waals surface area contributed by atoms with Crippen molar-refractivity contribution >= 4 is 22.0 Å². The number of nitrogens with one attached hydrogen (secondary N) is 1. The summed E-state index contributed by atoms with van der Waals surface area (Å²) in [6.07, 6.45) is 1.05. The van der Waals surface area contributed by atoms with E-state index in [-0.39, 0.29) is 18.7 Å². The van der Waals surface area contributed by atoms with Crippen LogP contribution in [0.3, 0.4) is 0 Å². The number of benzene rings is 1. The van der Waals surface area contributed by atoms with Gasteiger partial charge in [-0.05, 0) is 44.5 Å². The van der Waals surface area contributed by atoms with Crippen molar-refractivity contribution in [2.24, 2.45) is 0 Å². The van der Waals surface area contributed by atoms with Crippen molar-refractivity contribution in [2.45, 2.75) is 32.9 Å². The molecule has 1 heterocycles. The zero-order valence-corrected chi connectivity index (χ0v) is 16.3. The second-order valence-electron chi connectivity index (χ2n) is 6.54. The number of halogens is 2. The van der Waals surface area contributed by atoms with E-state index in [9.17, 15) is 14.0 Å². The molecule has 0 bridgehead atoms. The normalized spacial score (nSPS) is 12.1. The average Bonchev–Trinajstić information content (AvgIpc) is 2.90. The Balaban J connectivity index is 2.06. The summed E-state index contributed by atoms with van der Waals surface area (Å²) in [4.78, 5) is 24.1. The average molecular weight is 427 g/mol. The Labute approximate surface area is 158 Å². The zero-order chi connectivity index (χ0) is 19.3. The number of ether oxygens (including phenoxy) is 1. The Kier molecular flexibility index (Phi) is 6.36. The van der Waals surface area contributed by atoms with Crippen LogP contribution >= 0.6 is 15.9 Å². The Bertz CT molecular complexity index is 867. The second kappa shape index (κ2) is 8.31. The molecular formula is C17H20BrFN4O3. The number of carbonyl (C=O) groups excluding carboxylic acids is 1. The quantitative estimate of drug-likeness (QED) is 0.795. The fraction of sp³-hybridized carbons (Fsp3) is 0.353. The smallest absolute Gasteiger partial charge is 0.407 e. The van der Waals surface area contributed by atoms with Gasteiger partial charge in [0.2, 0.25) is 0 Å². The SMILES string of the molecule is CC(C)(C)OC(=O)NCC(=CF)Cn1ncn(-c2cccc(Br)c2)c1=O. The standard InChI is InChI=1S/C17H20BrFN4O3/c1-17(2,3)26-15(24)20-9-12(8-19)10-23-16(25)22(11-21-23)14-6-4-5-13(18)7-14/h4-8,11H,9-10H2,1-3H3,(H,20,24). The maximum absolute atomic E-state index is 13.1. The van der Waals surface area contributed by atoms with Crippen LogP contribution in [0.1, 0.15) is 20.8 Å². The number of amides is 1. The summed E-state index contributed by atoms with van der Waals surface area (Å²) in [6, 6.07) is 7.16. The number of nitrogens with zero attached hydrogens (tertiary/aromatic N) is 3. The molecule has 0 unspecified atom stereocenters. The van der Waals surface area contributed by atoms with Gasteiger partial charge in [0, 0.05) is 11.0 Å². The van der Waals surface area contributed by atoms with Gasteiger partial charge in [0.1, 0.15) is 11.9 Å². The van der Waals surface area contributed by atoms with Crippen LogP contribution in [0.5, 0.6) is 0 Å². The molecule has 26 heavy (non-hydrogen) atoms. The number of carbonyl (C=O) groups is 1. The molecule has 0 aliphatic heterocycles. The van der Waals surface area contributed by atoms with E-state index in [1.807, 2.05) is 6.07 Å². The highest BCUT2D eigenvalue weighted by Gasteiger charge is 2.16. The molecule has 1 aromatic carbocycles. The lowest BCUT2D eigenvalue weighted by molar-refractivity contribution is 0.0532. The summed E-state index contributed by atoms with van der Waals surface area (Å²) in [5, 5.41) is 6.45. The number of rotatable bonds is 5. The highest BCUT2D eigenvalue weighted by atomic mass is 79.9. The summed E-state index contributed by atoms with van der Waals surface area (Å²) in [7, 11) is 0. The monoisotopic (exact) mass is 426 g/mol. The molecule has 140 valence electrons. The molecule has 0 aliphatic rings. The van der Waals surface area contributed by atoms with E-state index in [0.29, 0.717) is 12.0 Å². The predicted octanol–water partition coefficient (Wildman–Crippen LogP) is 3.17. The minimum atomic E-state index is -0.663. The van der Waals surface area contributed by atoms with E-state index < -0.39 is 17.4 Å². The van der Waals surface area contributed by atoms with E-state index in [4.69, 9.17) is 4.74 Å². The van der Waals surface area contributed by atoms with E-state index in [1.54, 1.807) is 39.0 Å². The van der Waals surface area contributed by atoms with Gasteiger partial charge in [-0.2, -0.15) is 5.10 Å². The third-order valence-electron chi connectivity index (χ3n) is 3.19. The Hall–Kier alpha value is -2.42. The van der Waals surface area contributed by atoms with E-state index >= 15 is 0 Å². The number of hydrogen-bond acceptors (Lipinski definition) is 4. The molecule has 0 saturated carbocycles. The molecular weight excluding hydrogens is 407 g/mol. The molecule has 2 aromatic rings. The second-order valence-corrected chi connectivity index (χ2v) is 7.46. The minimum Gasteiger partial charge on any atom is -0.444 e. The van der Waals surface area contributed by atoms with Gasteiger partial charge in [0.15, 0.2) is 0 Å². The van der Waals surface area contributed by atoms with E-state index in [1.165, 1.54) is 10.9 Å². The summed E-state index contributed by atoms with van der Waals surface area (Å²) in [5.41, 5.74) is -0.256. The van der Waals surface area contributed by atoms with Gasteiger partial charge in [0.05, 0.1) is 18.6 Å². The molecule has 9 heteroatoms. The fourth-order valence-corrected chi connectivity index (χ4v) is 2.46. The van der Waals surface area contributed by atoms with Crippen molar-refractivity contribution in [3.8, 4) is 5.69 Å². The summed E-state index contributed by atoms with van der Waals surface area (Å²) in [6.45, 7) is 5.00. The number of alkyl carbamates (subject to hydrolysis) is 1. The van der Waals surface area contributed by atoms with Crippen LogP contribution in [0, 0.1) is 0 Å². The molecule has 0 saturated heterocycles. The summed E-state index contributed by atoms with van der Waals surface area (Å²) in [5.74, 6) is 0. The molecule has 1 N–H and O–H groups in total. The number of hydrogen-bond donors (Lipinski definition) is 1. The maximum atomic E-state index is 13.1. The fourth-order valence-electron chi connectivity index (χ4n) is 2.07. The molecule has 7 nitrogen and oxygen atoms in total.